The van der Waals surface area contributed by atoms with Crippen LogP contribution in [-0.2, 0) is 0 Å². The van der Waals surface area contributed by atoms with Gasteiger partial charge in [0.25, 0.3) is 0 Å². The minimum atomic E-state index is 0.771. The molecule has 2 atom stereocenters. The second kappa shape index (κ2) is 2.85. The van der Waals surface area contributed by atoms with Crippen molar-refractivity contribution in [1.29, 1.82) is 0 Å². The van der Waals surface area contributed by atoms with Crippen LogP contribution in [0.4, 0.5) is 0 Å². The van der Waals surface area contributed by atoms with Crippen molar-refractivity contribution in [1.82, 2.24) is 4.90 Å². The second-order valence-corrected chi connectivity index (χ2v) is 5.27. The van der Waals surface area contributed by atoms with Crippen molar-refractivity contribution in [2.75, 3.05) is 0 Å². The smallest absolute Gasteiger partial charge is 0.0360 e. The van der Waals surface area contributed by atoms with E-state index in [1.807, 2.05) is 0 Å². The lowest BCUT2D eigenvalue weighted by Gasteiger charge is -2.35. The summed E-state index contributed by atoms with van der Waals surface area (Å²) in [5.41, 5.74) is 3.29. The molecule has 1 saturated carbocycles. The van der Waals surface area contributed by atoms with Crippen molar-refractivity contribution in [3.63, 3.8) is 0 Å². The summed E-state index contributed by atoms with van der Waals surface area (Å²) >= 11 is 0. The average Bonchev–Trinajstić information content (AvgIpc) is 3.10. The lowest BCUT2D eigenvalue weighted by molar-refractivity contribution is 0.0998. The maximum absolute atomic E-state index is 2.83. The van der Waals surface area contributed by atoms with Crippen LogP contribution in [0.5, 0.6) is 0 Å². The van der Waals surface area contributed by atoms with Gasteiger partial charge in [0.15, 0.2) is 0 Å². The lowest BCUT2D eigenvalue weighted by atomic mass is 10.0. The van der Waals surface area contributed by atoms with Crippen molar-refractivity contribution in [2.24, 2.45) is 0 Å². The lowest BCUT2D eigenvalue weighted by Crippen LogP contribution is -2.31. The van der Waals surface area contributed by atoms with Crippen LogP contribution in [0, 0.1) is 0 Å². The fourth-order valence-corrected chi connectivity index (χ4v) is 3.65. The van der Waals surface area contributed by atoms with E-state index in [1.165, 1.54) is 32.1 Å². The molecule has 1 aromatic rings. The van der Waals surface area contributed by atoms with Gasteiger partial charge in [-0.1, -0.05) is 24.3 Å². The van der Waals surface area contributed by atoms with Gasteiger partial charge in [0.1, 0.15) is 0 Å². The number of fused-ring (bicyclic) bond motifs is 5. The van der Waals surface area contributed by atoms with Crippen LogP contribution in [0.15, 0.2) is 24.3 Å². The first-order valence-corrected chi connectivity index (χ1v) is 6.31. The molecule has 2 bridgehead atoms. The summed E-state index contributed by atoms with van der Waals surface area (Å²) in [6.07, 6.45) is 7.10. The fraction of sp³-hybridized carbons (Fsp3) is 0.571. The first-order chi connectivity index (χ1) is 7.45. The molecule has 0 amide bonds. The summed E-state index contributed by atoms with van der Waals surface area (Å²) in [5, 5.41) is 0. The molecule has 0 radical (unpaired) electrons. The molecule has 15 heavy (non-hydrogen) atoms. The van der Waals surface area contributed by atoms with Gasteiger partial charge in [-0.25, -0.2) is 0 Å². The predicted molar refractivity (Wildman–Crippen MR) is 60.6 cm³/mol. The topological polar surface area (TPSA) is 3.24 Å². The number of hydrogen-bond acceptors (Lipinski definition) is 1. The largest absolute Gasteiger partial charge is 0.286 e. The molecule has 2 heterocycles. The zero-order valence-electron chi connectivity index (χ0n) is 9.02. The Kier molecular flexibility index (Phi) is 1.59. The van der Waals surface area contributed by atoms with E-state index in [1.54, 1.807) is 11.1 Å². The molecule has 78 valence electrons. The first-order valence-electron chi connectivity index (χ1n) is 6.31. The molecular formula is C14H17N. The van der Waals surface area contributed by atoms with Crippen molar-refractivity contribution in [3.8, 4) is 0 Å². The molecule has 2 fully saturated rings. The third-order valence-electron chi connectivity index (χ3n) is 4.36. The van der Waals surface area contributed by atoms with Crippen LogP contribution >= 0.6 is 0 Å². The molecule has 0 N–H and O–H groups in total. The molecule has 0 aromatic heterocycles. The Morgan fingerprint density at radius 1 is 0.867 bits per heavy atom. The number of hydrogen-bond donors (Lipinski definition) is 0. The number of rotatable bonds is 1. The monoisotopic (exact) mass is 199 g/mol. The van der Waals surface area contributed by atoms with E-state index in [-0.39, 0.29) is 0 Å². The molecule has 1 nitrogen and oxygen atoms in total. The molecule has 1 aromatic carbocycles. The second-order valence-electron chi connectivity index (χ2n) is 5.27. The molecule has 3 aliphatic rings. The Morgan fingerprint density at radius 2 is 1.47 bits per heavy atom. The Balaban J connectivity index is 1.84. The van der Waals surface area contributed by atoms with Gasteiger partial charge in [0, 0.05) is 18.1 Å². The highest BCUT2D eigenvalue weighted by atomic mass is 15.3. The summed E-state index contributed by atoms with van der Waals surface area (Å²) in [7, 11) is 0. The predicted octanol–water partition coefficient (Wildman–Crippen LogP) is 3.43. The zero-order chi connectivity index (χ0) is 9.83. The molecule has 1 heteroatoms. The van der Waals surface area contributed by atoms with Crippen LogP contribution < -0.4 is 0 Å². The molecule has 4 rings (SSSR count). The van der Waals surface area contributed by atoms with E-state index >= 15 is 0 Å². The van der Waals surface area contributed by atoms with Crippen LogP contribution in [0.1, 0.15) is 55.3 Å². The van der Waals surface area contributed by atoms with E-state index in [0.717, 1.165) is 18.1 Å². The maximum atomic E-state index is 2.83. The van der Waals surface area contributed by atoms with Gasteiger partial charge in [0.05, 0.1) is 0 Å². The molecule has 1 saturated heterocycles. The van der Waals surface area contributed by atoms with E-state index in [0.29, 0.717) is 0 Å². The average molecular weight is 199 g/mol. The Bertz CT molecular complexity index is 363. The van der Waals surface area contributed by atoms with Crippen molar-refractivity contribution in [2.45, 2.75) is 50.2 Å². The fourth-order valence-electron chi connectivity index (χ4n) is 3.65. The highest BCUT2D eigenvalue weighted by molar-refractivity contribution is 5.39. The first kappa shape index (κ1) is 8.35. The maximum Gasteiger partial charge on any atom is 0.0360 e. The Hall–Kier alpha value is -0.820. The van der Waals surface area contributed by atoms with E-state index in [2.05, 4.69) is 29.2 Å². The van der Waals surface area contributed by atoms with E-state index in [9.17, 15) is 0 Å². The molecule has 2 unspecified atom stereocenters. The SMILES string of the molecule is c1ccc2c(c1)C1CCCC2N1C1CC1. The van der Waals surface area contributed by atoms with Gasteiger partial charge >= 0.3 is 0 Å². The van der Waals surface area contributed by atoms with Gasteiger partial charge in [-0.2, -0.15) is 0 Å². The molecular weight excluding hydrogens is 182 g/mol. The minimum absolute atomic E-state index is 0.771. The van der Waals surface area contributed by atoms with E-state index in [4.69, 9.17) is 0 Å². The summed E-state index contributed by atoms with van der Waals surface area (Å²) < 4.78 is 0. The van der Waals surface area contributed by atoms with Crippen molar-refractivity contribution >= 4 is 0 Å². The summed E-state index contributed by atoms with van der Waals surface area (Å²) in [4.78, 5) is 2.83. The normalized spacial score (nSPS) is 34.1. The molecule has 2 aliphatic heterocycles. The van der Waals surface area contributed by atoms with Gasteiger partial charge in [-0.3, -0.25) is 4.90 Å². The number of piperidine rings is 1. The summed E-state index contributed by atoms with van der Waals surface area (Å²) in [6.45, 7) is 0. The Morgan fingerprint density at radius 3 is 2.00 bits per heavy atom. The quantitative estimate of drug-likeness (QED) is 0.669. The third kappa shape index (κ3) is 1.07. The summed E-state index contributed by atoms with van der Waals surface area (Å²) in [5.74, 6) is 0. The standard InChI is InChI=1S/C14H17N/c1-2-5-12-11(4-1)13-6-3-7-14(12)15(13)10-8-9-10/h1-2,4-5,10,13-14H,3,6-9H2. The van der Waals surface area contributed by atoms with Crippen LogP contribution in [0.3, 0.4) is 0 Å². The van der Waals surface area contributed by atoms with Gasteiger partial charge in [-0.15, -0.1) is 0 Å². The minimum Gasteiger partial charge on any atom is -0.286 e. The third-order valence-corrected chi connectivity index (χ3v) is 4.36. The van der Waals surface area contributed by atoms with Gasteiger partial charge in [-0.05, 0) is 43.2 Å². The summed E-state index contributed by atoms with van der Waals surface area (Å²) in [6, 6.07) is 11.6. The van der Waals surface area contributed by atoms with Crippen molar-refractivity contribution < 1.29 is 0 Å². The van der Waals surface area contributed by atoms with Gasteiger partial charge in [0.2, 0.25) is 0 Å². The molecule has 1 aliphatic carbocycles. The van der Waals surface area contributed by atoms with Crippen molar-refractivity contribution in [3.05, 3.63) is 35.4 Å². The number of nitrogens with zero attached hydrogens (tertiary/aromatic N) is 1. The van der Waals surface area contributed by atoms with Crippen LogP contribution in [0.25, 0.3) is 0 Å². The van der Waals surface area contributed by atoms with Crippen LogP contribution in [-0.4, -0.2) is 10.9 Å². The van der Waals surface area contributed by atoms with Gasteiger partial charge < -0.3 is 0 Å². The zero-order valence-corrected chi connectivity index (χ0v) is 9.02. The highest BCUT2D eigenvalue weighted by Crippen LogP contribution is 2.54. The highest BCUT2D eigenvalue weighted by Gasteiger charge is 2.46. The van der Waals surface area contributed by atoms with Crippen LogP contribution in [0.2, 0.25) is 0 Å². The Labute approximate surface area is 91.1 Å². The number of benzene rings is 1. The molecule has 0 spiro atoms. The van der Waals surface area contributed by atoms with E-state index < -0.39 is 0 Å².